The Morgan fingerprint density at radius 1 is 0.227 bits per heavy atom. The van der Waals surface area contributed by atoms with Crippen LogP contribution in [0.2, 0.25) is 17.5 Å². The summed E-state index contributed by atoms with van der Waals surface area (Å²) < 4.78 is 0. The zero-order valence-corrected chi connectivity index (χ0v) is 72.6. The van der Waals surface area contributed by atoms with Gasteiger partial charge < -0.3 is 0 Å². The zero-order chi connectivity index (χ0) is 72.9. The van der Waals surface area contributed by atoms with E-state index in [9.17, 15) is 0 Å². The van der Waals surface area contributed by atoms with Crippen molar-refractivity contribution in [2.45, 2.75) is 454 Å². The molecule has 0 N–H and O–H groups in total. The first-order chi connectivity index (χ1) is 54.2. The molecule has 0 radical (unpaired) electrons. The highest BCUT2D eigenvalue weighted by Gasteiger charge is 2.69. The molecule has 20 aliphatic carbocycles. The summed E-state index contributed by atoms with van der Waals surface area (Å²) in [4.78, 5) is 7.74. The molecule has 0 bridgehead atoms. The molecule has 110 heavy (non-hydrogen) atoms. The molecule has 0 spiro atoms. The Balaban J connectivity index is 0.676. The van der Waals surface area contributed by atoms with E-state index in [2.05, 4.69) is 30.6 Å². The minimum Gasteiger partial charge on any atom is -0.298 e. The molecular formula is C107H175BN2. The zero-order valence-electron chi connectivity index (χ0n) is 72.6. The van der Waals surface area contributed by atoms with Gasteiger partial charge in [-0.25, -0.2) is 0 Å². The van der Waals surface area contributed by atoms with Crippen molar-refractivity contribution in [2.24, 2.45) is 201 Å². The van der Waals surface area contributed by atoms with E-state index in [4.69, 9.17) is 0 Å². The molecule has 0 aromatic rings. The Morgan fingerprint density at radius 3 is 0.882 bits per heavy atom. The molecule has 616 valence electrons. The second-order valence-corrected chi connectivity index (χ2v) is 49.9. The maximum Gasteiger partial charge on any atom is 0.156 e. The molecule has 2 aliphatic heterocycles. The lowest BCUT2D eigenvalue weighted by Crippen LogP contribution is -2.73. The maximum absolute atomic E-state index is 3.87. The molecule has 26 unspecified atom stereocenters. The van der Waals surface area contributed by atoms with Crippen LogP contribution in [0.4, 0.5) is 0 Å². The largest absolute Gasteiger partial charge is 0.298 e. The molecule has 20 saturated carbocycles. The van der Waals surface area contributed by atoms with Gasteiger partial charge in [-0.15, -0.1) is 0 Å². The van der Waals surface area contributed by atoms with Gasteiger partial charge >= 0.3 is 0 Å². The molecule has 0 amide bonds. The van der Waals surface area contributed by atoms with E-state index in [0.29, 0.717) is 5.41 Å². The summed E-state index contributed by atoms with van der Waals surface area (Å²) in [5.74, 6) is 38.2. The molecule has 2 nitrogen and oxygen atoms in total. The summed E-state index contributed by atoms with van der Waals surface area (Å²) in [5.41, 5.74) is 0.472. The predicted molar refractivity (Wildman–Crippen MR) is 462 cm³/mol. The van der Waals surface area contributed by atoms with Gasteiger partial charge in [0.25, 0.3) is 0 Å². The Kier molecular flexibility index (Phi) is 22.4. The predicted octanol–water partition coefficient (Wildman–Crippen LogP) is 29.1. The molecule has 2 heterocycles. The van der Waals surface area contributed by atoms with E-state index >= 15 is 0 Å². The van der Waals surface area contributed by atoms with Crippen molar-refractivity contribution in [1.82, 2.24) is 9.80 Å². The Morgan fingerprint density at radius 2 is 0.527 bits per heavy atom. The van der Waals surface area contributed by atoms with Crippen LogP contribution >= 0.6 is 0 Å². The van der Waals surface area contributed by atoms with Crippen LogP contribution < -0.4 is 0 Å². The van der Waals surface area contributed by atoms with Crippen molar-refractivity contribution in [1.29, 1.82) is 0 Å². The van der Waals surface area contributed by atoms with Gasteiger partial charge in [-0.3, -0.25) is 9.80 Å². The molecular weight excluding hydrogens is 1320 g/mol. The van der Waals surface area contributed by atoms with Crippen LogP contribution in [0.15, 0.2) is 0 Å². The minimum atomic E-state index is 0.472. The first-order valence-corrected chi connectivity index (χ1v) is 53.7. The topological polar surface area (TPSA) is 6.48 Å². The van der Waals surface area contributed by atoms with Crippen molar-refractivity contribution in [3.05, 3.63) is 0 Å². The van der Waals surface area contributed by atoms with Gasteiger partial charge in [0.1, 0.15) is 0 Å². The van der Waals surface area contributed by atoms with Crippen molar-refractivity contribution >= 4 is 6.71 Å². The highest BCUT2D eigenvalue weighted by atomic mass is 15.3. The number of hydrogen-bond donors (Lipinski definition) is 0. The van der Waals surface area contributed by atoms with Crippen LogP contribution in [-0.4, -0.2) is 53.8 Å². The molecule has 2 saturated heterocycles. The summed E-state index contributed by atoms with van der Waals surface area (Å²) in [6.45, 7) is 12.1. The van der Waals surface area contributed by atoms with Crippen LogP contribution in [0.25, 0.3) is 0 Å². The molecule has 3 heteroatoms. The monoisotopic (exact) mass is 1500 g/mol. The van der Waals surface area contributed by atoms with Crippen LogP contribution in [0.1, 0.15) is 412 Å². The third-order valence-corrected chi connectivity index (χ3v) is 45.7. The van der Waals surface area contributed by atoms with E-state index < -0.39 is 0 Å². The quantitative estimate of drug-likeness (QED) is 0.180. The molecule has 22 aliphatic rings. The maximum atomic E-state index is 3.87. The fourth-order valence-corrected chi connectivity index (χ4v) is 42.5. The molecule has 22 fully saturated rings. The van der Waals surface area contributed by atoms with Crippen molar-refractivity contribution < 1.29 is 0 Å². The standard InChI is InChI=1S/C107H175BN2/c1-107(2,3)77-52-48-67(49-53-77)60-68-61-100-106-101(62-68)110(66-95-80(71-28-12-6-13-29-71)38-21-39-81(95)72-30-14-7-15-31-72)99-59-51-76(83-55-57-93-89-43-19-35-74-33-17-41-87(103(74)89)91-47-23-45-85(83)105(91)93)64-97(99)108(106)96-63-75(82-54-56-92-88-42-18-34-73-32-16-40-86(102(73)88)90-46-22-44-84(82)104(90)92)50-58-98(96)109(100)65-94-78(69-24-8-4-9-25-69)36-20-37-79(94)70-26-10-5-11-27-70/h67-106H,4-66H2,1-3H3/t67?,68?,73-,74?,75+,76?,77?,78+,79?,80-,81?,82-,83?,84?,85?,86+,87?,88-,89?,90?,91?,92?,93?,94?,95?,96+,97?,98?,99?,100?,101?,102?,103?,104?,105?,106?/m1/s1. The summed E-state index contributed by atoms with van der Waals surface area (Å²) >= 11 is 0. The van der Waals surface area contributed by atoms with Crippen LogP contribution in [0, 0.1) is 201 Å². The first-order valence-electron chi connectivity index (χ1n) is 53.7. The number of fused-ring (bicyclic) bond motifs is 8. The fraction of sp³-hybridized carbons (Fsp3) is 1.00. The van der Waals surface area contributed by atoms with E-state index in [1.54, 1.807) is 392 Å². The smallest absolute Gasteiger partial charge is 0.156 e. The lowest BCUT2D eigenvalue weighted by molar-refractivity contribution is -0.158. The fourth-order valence-electron chi connectivity index (χ4n) is 42.5. The van der Waals surface area contributed by atoms with E-state index in [-0.39, 0.29) is 0 Å². The van der Waals surface area contributed by atoms with Crippen molar-refractivity contribution in [3.8, 4) is 0 Å². The number of rotatable bonds is 12. The highest BCUT2D eigenvalue weighted by molar-refractivity contribution is 6.65. The van der Waals surface area contributed by atoms with Gasteiger partial charge in [0.2, 0.25) is 0 Å². The Hall–Kier alpha value is -0.0151. The normalized spacial score (nSPS) is 52.6. The lowest BCUT2D eigenvalue weighted by Gasteiger charge is -2.70. The van der Waals surface area contributed by atoms with Gasteiger partial charge in [0, 0.05) is 37.3 Å². The third-order valence-electron chi connectivity index (χ3n) is 45.7. The van der Waals surface area contributed by atoms with E-state index in [1.807, 2.05) is 0 Å². The van der Waals surface area contributed by atoms with Gasteiger partial charge in [-0.05, 0) is 379 Å². The van der Waals surface area contributed by atoms with Crippen LogP contribution in [0.5, 0.6) is 0 Å². The van der Waals surface area contributed by atoms with Gasteiger partial charge in [-0.1, -0.05) is 252 Å². The van der Waals surface area contributed by atoms with Gasteiger partial charge in [0.05, 0.1) is 0 Å². The van der Waals surface area contributed by atoms with Crippen molar-refractivity contribution in [3.63, 3.8) is 0 Å². The SMILES string of the molecule is CC(C)(C)C1CCC(CC2CC3C4B(C5CC(C6CCC7C8CCCC9CCCC(C%10CCCC6C%107)C98)CCC5N3CC3C(C5CCCCC5)CCC[C@@H]3C3CCCCC3)[C@H]3C[C@@H]([C@H]5CCC6C7C(CCCC75)[C@@H]5CCC[C@@H]7CCC[C@H]6C75)CCC3N(CC3C(C5CCCCC5)CCC[C@H]3C3CCCCC3)C4C2)CC1. The number of hydrogen-bond acceptors (Lipinski definition) is 2. The van der Waals surface area contributed by atoms with Crippen LogP contribution in [0.3, 0.4) is 0 Å². The average Bonchev–Trinajstić information content (AvgIpc) is 0.700. The third kappa shape index (κ3) is 13.7. The summed E-state index contributed by atoms with van der Waals surface area (Å²) in [5, 5.41) is 0. The Labute approximate surface area is 680 Å². The lowest BCUT2D eigenvalue weighted by atomic mass is 9.18. The first kappa shape index (κ1) is 76.1. The van der Waals surface area contributed by atoms with E-state index in [1.165, 1.54) is 12.8 Å². The summed E-state index contributed by atoms with van der Waals surface area (Å²) in [7, 11) is 0. The number of nitrogens with zero attached hydrogens (tertiary/aromatic N) is 2. The summed E-state index contributed by atoms with van der Waals surface area (Å²) in [6, 6.07) is 3.52. The molecule has 0 aromatic heterocycles. The molecule has 0 aromatic carbocycles. The molecule has 22 rings (SSSR count). The molecule has 34 atom stereocenters. The second kappa shape index (κ2) is 32.4. The Bertz CT molecular complexity index is 2730. The second-order valence-electron chi connectivity index (χ2n) is 49.9. The summed E-state index contributed by atoms with van der Waals surface area (Å²) in [6.07, 6.45) is 98.4. The minimum absolute atomic E-state index is 0.472. The average molecular weight is 1500 g/mol. The van der Waals surface area contributed by atoms with Crippen LogP contribution in [-0.2, 0) is 0 Å². The van der Waals surface area contributed by atoms with E-state index in [0.717, 1.165) is 244 Å². The van der Waals surface area contributed by atoms with Gasteiger partial charge in [-0.2, -0.15) is 0 Å². The highest BCUT2D eigenvalue weighted by Crippen LogP contribution is 2.73. The van der Waals surface area contributed by atoms with Crippen molar-refractivity contribution in [2.75, 3.05) is 13.1 Å². The van der Waals surface area contributed by atoms with Gasteiger partial charge in [0.15, 0.2) is 6.71 Å².